The molecule has 0 bridgehead atoms. The van der Waals surface area contributed by atoms with Crippen LogP contribution >= 0.6 is 23.4 Å². The van der Waals surface area contributed by atoms with Crippen molar-refractivity contribution in [1.29, 1.82) is 0 Å². The molecule has 3 heterocycles. The third-order valence-electron chi connectivity index (χ3n) is 6.40. The number of hydrogen-bond donors (Lipinski definition) is 1. The molecule has 1 saturated heterocycles. The van der Waals surface area contributed by atoms with Gasteiger partial charge in [0.05, 0.1) is 5.75 Å². The number of rotatable bonds is 9. The molecule has 0 radical (unpaired) electrons. The van der Waals surface area contributed by atoms with Crippen LogP contribution in [0.1, 0.15) is 48.7 Å². The molecule has 1 aliphatic rings. The number of benzene rings is 1. The maximum Gasteiger partial charge on any atom is 0.253 e. The summed E-state index contributed by atoms with van der Waals surface area (Å²) in [5, 5.41) is 8.92. The number of aryl methyl sites for hydroxylation is 2. The summed E-state index contributed by atoms with van der Waals surface area (Å²) < 4.78 is 1.76. The van der Waals surface area contributed by atoms with Crippen molar-refractivity contribution >= 4 is 35.0 Å². The van der Waals surface area contributed by atoms with Crippen LogP contribution in [0.5, 0.6) is 0 Å². The molecule has 182 valence electrons. The summed E-state index contributed by atoms with van der Waals surface area (Å²) in [5.41, 5.74) is 4.04. The van der Waals surface area contributed by atoms with Gasteiger partial charge in [0.1, 0.15) is 0 Å². The Morgan fingerprint density at radius 1 is 1.26 bits per heavy atom. The zero-order valence-corrected chi connectivity index (χ0v) is 21.8. The summed E-state index contributed by atoms with van der Waals surface area (Å²) in [5.74, 6) is 1.64. The number of amides is 1. The van der Waals surface area contributed by atoms with Crippen LogP contribution in [0.4, 0.5) is 0 Å². The van der Waals surface area contributed by atoms with Crippen molar-refractivity contribution in [2.75, 3.05) is 31.9 Å². The second kappa shape index (κ2) is 11.5. The number of nitrogens with zero attached hydrogens (tertiary/aromatic N) is 5. The fraction of sp³-hybridized carbons (Fsp3) is 0.520. The molecule has 7 nitrogen and oxygen atoms in total. The van der Waals surface area contributed by atoms with Gasteiger partial charge in [0, 0.05) is 35.9 Å². The highest BCUT2D eigenvalue weighted by Gasteiger charge is 2.17. The topological polar surface area (TPSA) is 75.4 Å². The molecule has 1 fully saturated rings. The van der Waals surface area contributed by atoms with Crippen LogP contribution in [-0.4, -0.2) is 62.3 Å². The molecule has 9 heteroatoms. The quantitative estimate of drug-likeness (QED) is 0.348. The van der Waals surface area contributed by atoms with E-state index in [2.05, 4.69) is 32.2 Å². The van der Waals surface area contributed by atoms with Crippen LogP contribution in [0.25, 0.3) is 5.78 Å². The number of piperidine rings is 1. The first kappa shape index (κ1) is 24.9. The minimum absolute atomic E-state index is 0.0103. The molecule has 3 aromatic rings. The van der Waals surface area contributed by atoms with Gasteiger partial charge >= 0.3 is 0 Å². The molecule has 2 aromatic heterocycles. The number of fused-ring (bicyclic) bond motifs is 1. The second-order valence-corrected chi connectivity index (χ2v) is 10.5. The monoisotopic (exact) mass is 500 g/mol. The predicted octanol–water partition coefficient (Wildman–Crippen LogP) is 4.32. The zero-order chi connectivity index (χ0) is 24.1. The van der Waals surface area contributed by atoms with Crippen molar-refractivity contribution in [3.63, 3.8) is 0 Å². The van der Waals surface area contributed by atoms with Gasteiger partial charge in [-0.05, 0) is 69.3 Å². The number of nitrogens with one attached hydrogen (secondary N) is 1. The fourth-order valence-corrected chi connectivity index (χ4v) is 5.39. The van der Waals surface area contributed by atoms with Crippen LogP contribution in [0.3, 0.4) is 0 Å². The molecule has 0 unspecified atom stereocenters. The summed E-state index contributed by atoms with van der Waals surface area (Å²) >= 11 is 7.70. The highest BCUT2D eigenvalue weighted by atomic mass is 35.5. The summed E-state index contributed by atoms with van der Waals surface area (Å²) in [6.07, 6.45) is 4.28. The van der Waals surface area contributed by atoms with Crippen molar-refractivity contribution in [1.82, 2.24) is 29.8 Å². The molecular formula is C25H33ClN6OS. The van der Waals surface area contributed by atoms with E-state index in [1.807, 2.05) is 38.1 Å². The van der Waals surface area contributed by atoms with Crippen LogP contribution in [0, 0.1) is 19.8 Å². The Hall–Kier alpha value is -2.16. The minimum atomic E-state index is 0.0103. The predicted molar refractivity (Wildman–Crippen MR) is 138 cm³/mol. The fourth-order valence-electron chi connectivity index (χ4n) is 4.54. The van der Waals surface area contributed by atoms with E-state index in [4.69, 9.17) is 11.6 Å². The maximum atomic E-state index is 12.3. The number of likely N-dealkylation sites (tertiary alicyclic amines) is 1. The van der Waals surface area contributed by atoms with Crippen LogP contribution in [0.15, 0.2) is 29.4 Å². The lowest BCUT2D eigenvalue weighted by atomic mass is 10.0. The molecule has 0 spiro atoms. The Kier molecular flexibility index (Phi) is 8.45. The Bertz CT molecular complexity index is 1150. The van der Waals surface area contributed by atoms with E-state index < -0.39 is 0 Å². The van der Waals surface area contributed by atoms with Crippen molar-refractivity contribution < 1.29 is 4.79 Å². The van der Waals surface area contributed by atoms with Crippen LogP contribution in [-0.2, 0) is 11.2 Å². The van der Waals surface area contributed by atoms with Crippen molar-refractivity contribution in [3.8, 4) is 0 Å². The number of aromatic nitrogens is 4. The van der Waals surface area contributed by atoms with E-state index in [1.165, 1.54) is 37.7 Å². The Labute approximate surface area is 210 Å². The van der Waals surface area contributed by atoms with E-state index in [9.17, 15) is 4.79 Å². The van der Waals surface area contributed by atoms with Gasteiger partial charge in [-0.3, -0.25) is 4.79 Å². The van der Waals surface area contributed by atoms with E-state index in [-0.39, 0.29) is 5.91 Å². The molecule has 1 aromatic carbocycles. The first-order chi connectivity index (χ1) is 16.4. The average molecular weight is 501 g/mol. The highest BCUT2D eigenvalue weighted by molar-refractivity contribution is 7.99. The summed E-state index contributed by atoms with van der Waals surface area (Å²) in [4.78, 5) is 24.0. The average Bonchev–Trinajstić information content (AvgIpc) is 3.22. The molecule has 1 amide bonds. The standard InChI is InChI=1S/C25H33ClN6OS/c1-17-8-6-12-31(15-17)13-7-11-27-23(33)16-34-25-29-24-28-18(2)21(19(3)32(24)30-25)14-20-9-4-5-10-22(20)26/h4-5,9-10,17H,6-8,11-16H2,1-3H3,(H,27,33)/t17-/m0/s1. The van der Waals surface area contributed by atoms with Crippen LogP contribution in [0.2, 0.25) is 5.02 Å². The molecule has 0 saturated carbocycles. The summed E-state index contributed by atoms with van der Waals surface area (Å²) in [7, 11) is 0. The summed E-state index contributed by atoms with van der Waals surface area (Å²) in [6, 6.07) is 7.84. The van der Waals surface area contributed by atoms with Crippen molar-refractivity contribution in [2.24, 2.45) is 5.92 Å². The molecule has 34 heavy (non-hydrogen) atoms. The van der Waals surface area contributed by atoms with Gasteiger partial charge in [0.15, 0.2) is 0 Å². The lowest BCUT2D eigenvalue weighted by Crippen LogP contribution is -2.36. The number of thioether (sulfide) groups is 1. The van der Waals surface area contributed by atoms with Gasteiger partial charge in [0.25, 0.3) is 5.78 Å². The van der Waals surface area contributed by atoms with E-state index >= 15 is 0 Å². The Morgan fingerprint density at radius 2 is 2.09 bits per heavy atom. The third kappa shape index (κ3) is 6.29. The van der Waals surface area contributed by atoms with E-state index in [0.717, 1.165) is 46.4 Å². The Balaban J connectivity index is 1.31. The first-order valence-electron chi connectivity index (χ1n) is 12.0. The zero-order valence-electron chi connectivity index (χ0n) is 20.2. The second-order valence-electron chi connectivity index (χ2n) is 9.18. The largest absolute Gasteiger partial charge is 0.355 e. The molecule has 1 aliphatic heterocycles. The van der Waals surface area contributed by atoms with E-state index in [1.54, 1.807) is 4.52 Å². The maximum absolute atomic E-state index is 12.3. The SMILES string of the molecule is Cc1nc2nc(SCC(=O)NCCCN3CCC[C@H](C)C3)nn2c(C)c1Cc1ccccc1Cl. The Morgan fingerprint density at radius 3 is 2.88 bits per heavy atom. The van der Waals surface area contributed by atoms with Gasteiger partial charge in [-0.2, -0.15) is 4.98 Å². The first-order valence-corrected chi connectivity index (χ1v) is 13.3. The minimum Gasteiger partial charge on any atom is -0.355 e. The smallest absolute Gasteiger partial charge is 0.253 e. The molecule has 1 atom stereocenters. The lowest BCUT2D eigenvalue weighted by Gasteiger charge is -2.30. The van der Waals surface area contributed by atoms with Crippen LogP contribution < -0.4 is 5.32 Å². The number of carbonyl (C=O) groups is 1. The van der Waals surface area contributed by atoms with E-state index in [0.29, 0.717) is 29.7 Å². The summed E-state index contributed by atoms with van der Waals surface area (Å²) in [6.45, 7) is 10.4. The van der Waals surface area contributed by atoms with Gasteiger partial charge in [-0.15, -0.1) is 5.10 Å². The third-order valence-corrected chi connectivity index (χ3v) is 7.61. The highest BCUT2D eigenvalue weighted by Crippen LogP contribution is 2.24. The molecule has 1 N–H and O–H groups in total. The number of halogens is 1. The molecule has 4 rings (SSSR count). The lowest BCUT2D eigenvalue weighted by molar-refractivity contribution is -0.118. The van der Waals surface area contributed by atoms with Gasteiger partial charge < -0.3 is 10.2 Å². The number of carbonyl (C=O) groups excluding carboxylic acids is 1. The van der Waals surface area contributed by atoms with Gasteiger partial charge in [-0.25, -0.2) is 9.50 Å². The molecular weight excluding hydrogens is 468 g/mol. The molecule has 0 aliphatic carbocycles. The normalized spacial score (nSPS) is 16.8. The van der Waals surface area contributed by atoms with Crippen molar-refractivity contribution in [2.45, 2.75) is 51.6 Å². The van der Waals surface area contributed by atoms with Gasteiger partial charge in [0.2, 0.25) is 11.1 Å². The van der Waals surface area contributed by atoms with Gasteiger partial charge in [-0.1, -0.05) is 48.5 Å². The number of hydrogen-bond acceptors (Lipinski definition) is 6. The van der Waals surface area contributed by atoms with Crippen molar-refractivity contribution in [3.05, 3.63) is 51.8 Å².